The predicted molar refractivity (Wildman–Crippen MR) is 88.6 cm³/mol. The van der Waals surface area contributed by atoms with Crippen LogP contribution in [0.25, 0.3) is 0 Å². The maximum Gasteiger partial charge on any atom is 0.258 e. The van der Waals surface area contributed by atoms with Gasteiger partial charge in [0.15, 0.2) is 5.75 Å². The average Bonchev–Trinajstić information content (AvgIpc) is 3.16. The maximum atomic E-state index is 12.2. The largest absolute Gasteiger partial charge is 0.511 e. The quantitative estimate of drug-likeness (QED) is 0.739. The second-order valence-electron chi connectivity index (χ2n) is 5.51. The number of hydrogen-bond donors (Lipinski definition) is 3. The topological polar surface area (TPSA) is 70.6 Å². The summed E-state index contributed by atoms with van der Waals surface area (Å²) in [6, 6.07) is 5.16. The van der Waals surface area contributed by atoms with Gasteiger partial charge in [0, 0.05) is 12.0 Å². The highest BCUT2D eigenvalue weighted by molar-refractivity contribution is 7.81. The average molecular weight is 339 g/mol. The lowest BCUT2D eigenvalue weighted by Gasteiger charge is -2.25. The van der Waals surface area contributed by atoms with E-state index < -0.39 is 0 Å². The highest BCUT2D eigenvalue weighted by Gasteiger charge is 2.49. The van der Waals surface area contributed by atoms with Crippen molar-refractivity contribution in [1.82, 2.24) is 5.32 Å². The van der Waals surface area contributed by atoms with Gasteiger partial charge in [-0.3, -0.25) is 4.79 Å². The number of para-hydroxylation sites is 1. The van der Waals surface area contributed by atoms with Crippen LogP contribution in [0.3, 0.4) is 0 Å². The van der Waals surface area contributed by atoms with Crippen molar-refractivity contribution in [2.75, 3.05) is 12.4 Å². The summed E-state index contributed by atoms with van der Waals surface area (Å²) in [5, 5.41) is 16.4. The summed E-state index contributed by atoms with van der Waals surface area (Å²) < 4.78 is 5.23. The Morgan fingerprint density at radius 3 is 2.82 bits per heavy atom. The van der Waals surface area contributed by atoms with Crippen LogP contribution in [0.4, 0.5) is 5.69 Å². The van der Waals surface area contributed by atoms with Gasteiger partial charge in [-0.05, 0) is 25.0 Å². The fourth-order valence-corrected chi connectivity index (χ4v) is 3.15. The fourth-order valence-electron chi connectivity index (χ4n) is 2.57. The molecule has 0 bridgehead atoms. The molecule has 1 heterocycles. The minimum Gasteiger partial charge on any atom is -0.511 e. The standard InChI is InChI=1S/C15H15ClN2O3S/c1-21-12-8(16)3-2-4-9(12)17-14(22)11-10(19)7-15(5-6-15)18-13(11)20/h2-4,19H,5-7H2,1H3,(H,17,22)(H,18,20). The third-order valence-corrected chi connectivity index (χ3v) is 4.50. The van der Waals surface area contributed by atoms with E-state index in [1.54, 1.807) is 18.2 Å². The number of benzene rings is 1. The summed E-state index contributed by atoms with van der Waals surface area (Å²) in [7, 11) is 1.50. The minimum absolute atomic E-state index is 0.0275. The molecule has 1 amide bonds. The lowest BCUT2D eigenvalue weighted by Crippen LogP contribution is -2.44. The fraction of sp³-hybridized carbons (Fsp3) is 0.333. The van der Waals surface area contributed by atoms with Crippen molar-refractivity contribution >= 4 is 40.4 Å². The Morgan fingerprint density at radius 2 is 2.23 bits per heavy atom. The number of aliphatic hydroxyl groups excluding tert-OH is 1. The van der Waals surface area contributed by atoms with E-state index >= 15 is 0 Å². The molecule has 22 heavy (non-hydrogen) atoms. The van der Waals surface area contributed by atoms with Crippen molar-refractivity contribution in [3.05, 3.63) is 34.6 Å². The van der Waals surface area contributed by atoms with Gasteiger partial charge < -0.3 is 20.5 Å². The third kappa shape index (κ3) is 2.64. The Hall–Kier alpha value is -1.79. The summed E-state index contributed by atoms with van der Waals surface area (Å²) in [6.45, 7) is 0. The molecule has 1 saturated carbocycles. The Bertz CT molecular complexity index is 698. The first kappa shape index (κ1) is 15.1. The number of anilines is 1. The predicted octanol–water partition coefficient (Wildman–Crippen LogP) is 2.95. The van der Waals surface area contributed by atoms with Crippen LogP contribution in [-0.4, -0.2) is 28.7 Å². The van der Waals surface area contributed by atoms with Gasteiger partial charge in [0.25, 0.3) is 5.91 Å². The molecule has 0 saturated heterocycles. The first-order valence-electron chi connectivity index (χ1n) is 6.84. The van der Waals surface area contributed by atoms with Crippen LogP contribution in [0, 0.1) is 0 Å². The molecule has 1 aliphatic carbocycles. The smallest absolute Gasteiger partial charge is 0.258 e. The first-order valence-corrected chi connectivity index (χ1v) is 7.63. The molecule has 3 N–H and O–H groups in total. The Balaban J connectivity index is 1.86. The summed E-state index contributed by atoms with van der Waals surface area (Å²) in [4.78, 5) is 12.3. The van der Waals surface area contributed by atoms with Gasteiger partial charge in [-0.2, -0.15) is 0 Å². The number of halogens is 1. The number of aliphatic hydroxyl groups is 1. The van der Waals surface area contributed by atoms with Crippen molar-refractivity contribution in [2.45, 2.75) is 24.8 Å². The molecular formula is C15H15ClN2O3S. The Morgan fingerprint density at radius 1 is 1.50 bits per heavy atom. The number of ether oxygens (including phenoxy) is 1. The zero-order valence-corrected chi connectivity index (χ0v) is 13.5. The zero-order valence-electron chi connectivity index (χ0n) is 11.9. The number of carbonyl (C=O) groups excluding carboxylic acids is 1. The van der Waals surface area contributed by atoms with Gasteiger partial charge >= 0.3 is 0 Å². The lowest BCUT2D eigenvalue weighted by molar-refractivity contribution is -0.118. The molecular weight excluding hydrogens is 324 g/mol. The molecule has 1 aromatic rings. The number of thiocarbonyl (C=S) groups is 1. The SMILES string of the molecule is COc1c(Cl)cccc1NC(=S)C1=C(O)CC2(CC2)NC1=O. The van der Waals surface area contributed by atoms with Gasteiger partial charge in [0.1, 0.15) is 16.3 Å². The van der Waals surface area contributed by atoms with Crippen molar-refractivity contribution in [3.8, 4) is 5.75 Å². The number of carbonyl (C=O) groups is 1. The number of methoxy groups -OCH3 is 1. The number of hydrogen-bond acceptors (Lipinski definition) is 4. The molecule has 0 aromatic heterocycles. The van der Waals surface area contributed by atoms with Crippen LogP contribution >= 0.6 is 23.8 Å². The normalized spacial score (nSPS) is 18.9. The van der Waals surface area contributed by atoms with Crippen molar-refractivity contribution in [2.24, 2.45) is 0 Å². The van der Waals surface area contributed by atoms with Crippen molar-refractivity contribution in [1.29, 1.82) is 0 Å². The van der Waals surface area contributed by atoms with E-state index in [-0.39, 0.29) is 27.8 Å². The molecule has 2 aliphatic rings. The van der Waals surface area contributed by atoms with Crippen LogP contribution in [0.5, 0.6) is 5.75 Å². The third-order valence-electron chi connectivity index (χ3n) is 3.90. The summed E-state index contributed by atoms with van der Waals surface area (Å²) >= 11 is 11.3. The van der Waals surface area contributed by atoms with E-state index in [1.165, 1.54) is 7.11 Å². The Labute approximate surface area is 138 Å². The molecule has 0 atom stereocenters. The number of rotatable bonds is 3. The second-order valence-corrected chi connectivity index (χ2v) is 6.32. The van der Waals surface area contributed by atoms with Gasteiger partial charge in [-0.25, -0.2) is 0 Å². The second kappa shape index (κ2) is 5.44. The molecule has 5 nitrogen and oxygen atoms in total. The zero-order chi connectivity index (χ0) is 15.9. The van der Waals surface area contributed by atoms with E-state index in [0.717, 1.165) is 12.8 Å². The van der Waals surface area contributed by atoms with E-state index in [0.29, 0.717) is 22.9 Å². The van der Waals surface area contributed by atoms with Crippen LogP contribution in [0.1, 0.15) is 19.3 Å². The molecule has 1 spiro atoms. The number of amides is 1. The molecule has 7 heteroatoms. The minimum atomic E-state index is -0.347. The van der Waals surface area contributed by atoms with Gasteiger partial charge in [-0.15, -0.1) is 0 Å². The van der Waals surface area contributed by atoms with Crippen molar-refractivity contribution in [3.63, 3.8) is 0 Å². The van der Waals surface area contributed by atoms with Gasteiger partial charge in [-0.1, -0.05) is 29.9 Å². The van der Waals surface area contributed by atoms with E-state index in [9.17, 15) is 9.90 Å². The van der Waals surface area contributed by atoms with E-state index in [2.05, 4.69) is 10.6 Å². The van der Waals surface area contributed by atoms with Crippen LogP contribution in [0.2, 0.25) is 5.02 Å². The Kier molecular flexibility index (Phi) is 3.74. The molecule has 0 unspecified atom stereocenters. The van der Waals surface area contributed by atoms with Crippen molar-refractivity contribution < 1.29 is 14.6 Å². The van der Waals surface area contributed by atoms with Gasteiger partial charge in [0.05, 0.1) is 17.8 Å². The van der Waals surface area contributed by atoms with E-state index in [1.807, 2.05) is 0 Å². The molecule has 1 aliphatic heterocycles. The number of nitrogens with one attached hydrogen (secondary N) is 2. The van der Waals surface area contributed by atoms with E-state index in [4.69, 9.17) is 28.6 Å². The van der Waals surface area contributed by atoms with Gasteiger partial charge in [0.2, 0.25) is 0 Å². The lowest BCUT2D eigenvalue weighted by atomic mass is 10.0. The molecule has 3 rings (SSSR count). The molecule has 1 aromatic carbocycles. The summed E-state index contributed by atoms with van der Waals surface area (Å²) in [5.41, 5.74) is 0.392. The summed E-state index contributed by atoms with van der Waals surface area (Å²) in [6.07, 6.45) is 2.19. The van der Waals surface area contributed by atoms with Crippen LogP contribution in [-0.2, 0) is 4.79 Å². The monoisotopic (exact) mass is 338 g/mol. The highest BCUT2D eigenvalue weighted by Crippen LogP contribution is 2.43. The first-order chi connectivity index (χ1) is 10.5. The molecule has 0 radical (unpaired) electrons. The molecule has 116 valence electrons. The highest BCUT2D eigenvalue weighted by atomic mass is 35.5. The molecule has 1 fully saturated rings. The van der Waals surface area contributed by atoms with Crippen LogP contribution < -0.4 is 15.4 Å². The summed E-state index contributed by atoms with van der Waals surface area (Å²) in [5.74, 6) is 0.112. The van der Waals surface area contributed by atoms with Crippen LogP contribution in [0.15, 0.2) is 29.5 Å². The maximum absolute atomic E-state index is 12.2.